The van der Waals surface area contributed by atoms with Crippen LogP contribution in [-0.4, -0.2) is 26.1 Å². The van der Waals surface area contributed by atoms with Gasteiger partial charge in [0.15, 0.2) is 0 Å². The maximum Gasteiger partial charge on any atom is 0.242 e. The van der Waals surface area contributed by atoms with Gasteiger partial charge in [-0.25, -0.2) is 8.42 Å². The molecule has 0 aliphatic carbocycles. The number of carbonyl (C=O) groups is 1. The Balaban J connectivity index is 2.23. The zero-order valence-corrected chi connectivity index (χ0v) is 11.8. The van der Waals surface area contributed by atoms with Crippen LogP contribution in [0.2, 0.25) is 0 Å². The molecule has 104 valence electrons. The molecule has 0 spiro atoms. The Labute approximate surface area is 113 Å². The molecule has 5 nitrogen and oxygen atoms in total. The van der Waals surface area contributed by atoms with E-state index in [-0.39, 0.29) is 0 Å². The molecule has 0 bridgehead atoms. The molecule has 0 radical (unpaired) electrons. The van der Waals surface area contributed by atoms with Crippen LogP contribution in [0.4, 0.5) is 0 Å². The molecule has 2 N–H and O–H groups in total. The second-order valence-corrected chi connectivity index (χ2v) is 7.18. The van der Waals surface area contributed by atoms with E-state index in [0.717, 1.165) is 11.1 Å². The van der Waals surface area contributed by atoms with E-state index in [4.69, 9.17) is 0 Å². The van der Waals surface area contributed by atoms with E-state index in [1.807, 2.05) is 24.3 Å². The number of amides is 1. The minimum Gasteiger partial charge on any atom is -0.312 e. The van der Waals surface area contributed by atoms with Crippen molar-refractivity contribution in [1.82, 2.24) is 10.0 Å². The molecule has 1 heterocycles. The summed E-state index contributed by atoms with van der Waals surface area (Å²) >= 11 is 0. The molecular formula is C13H18N2O3S. The summed E-state index contributed by atoms with van der Waals surface area (Å²) in [5.41, 5.74) is 1.94. The Morgan fingerprint density at radius 1 is 1.37 bits per heavy atom. The summed E-state index contributed by atoms with van der Waals surface area (Å²) in [4.78, 5) is 12.2. The highest BCUT2D eigenvalue weighted by atomic mass is 32.2. The summed E-state index contributed by atoms with van der Waals surface area (Å²) in [6.07, 6.45) is 0. The Kier molecular flexibility index (Phi) is 3.91. The predicted molar refractivity (Wildman–Crippen MR) is 73.1 cm³/mol. The molecule has 6 heteroatoms. The highest BCUT2D eigenvalue weighted by molar-refractivity contribution is 7.90. The second-order valence-electron chi connectivity index (χ2n) is 4.94. The lowest BCUT2D eigenvalue weighted by Gasteiger charge is -2.25. The zero-order chi connectivity index (χ0) is 14.0. The standard InChI is InChI=1S/C13H18N2O3S/c1-9(2)19(17,18)15-13(16)12-8-14-7-10-5-3-4-6-11(10)12/h3-6,9,12,14H,7-8H2,1-2H3,(H,15,16). The molecule has 19 heavy (non-hydrogen) atoms. The Morgan fingerprint density at radius 2 is 2.05 bits per heavy atom. The van der Waals surface area contributed by atoms with Gasteiger partial charge in [0, 0.05) is 13.1 Å². The van der Waals surface area contributed by atoms with E-state index in [0.29, 0.717) is 13.1 Å². The molecule has 1 atom stereocenters. The molecule has 1 aromatic rings. The van der Waals surface area contributed by atoms with Crippen molar-refractivity contribution in [2.45, 2.75) is 31.6 Å². The number of carbonyl (C=O) groups excluding carboxylic acids is 1. The molecule has 0 fully saturated rings. The Hall–Kier alpha value is -1.40. The van der Waals surface area contributed by atoms with Crippen molar-refractivity contribution < 1.29 is 13.2 Å². The molecule has 1 unspecified atom stereocenters. The number of benzene rings is 1. The quantitative estimate of drug-likeness (QED) is 0.857. The van der Waals surface area contributed by atoms with Gasteiger partial charge in [-0.2, -0.15) is 0 Å². The zero-order valence-electron chi connectivity index (χ0n) is 11.0. The van der Waals surface area contributed by atoms with Gasteiger partial charge in [0.1, 0.15) is 0 Å². The van der Waals surface area contributed by atoms with Crippen molar-refractivity contribution in [3.63, 3.8) is 0 Å². The summed E-state index contributed by atoms with van der Waals surface area (Å²) in [5, 5.41) is 2.51. The normalized spacial score (nSPS) is 19.0. The van der Waals surface area contributed by atoms with Crippen LogP contribution in [-0.2, 0) is 21.4 Å². The van der Waals surface area contributed by atoms with Crippen LogP contribution < -0.4 is 10.0 Å². The Morgan fingerprint density at radius 3 is 2.74 bits per heavy atom. The summed E-state index contributed by atoms with van der Waals surface area (Å²) < 4.78 is 25.6. The van der Waals surface area contributed by atoms with E-state index in [9.17, 15) is 13.2 Å². The number of hydrogen-bond donors (Lipinski definition) is 2. The topological polar surface area (TPSA) is 75.3 Å². The molecule has 0 saturated heterocycles. The molecule has 1 aliphatic heterocycles. The third-order valence-electron chi connectivity index (χ3n) is 3.27. The first kappa shape index (κ1) is 14.0. The second kappa shape index (κ2) is 5.30. The maximum absolute atomic E-state index is 12.2. The molecule has 1 amide bonds. The summed E-state index contributed by atoms with van der Waals surface area (Å²) in [6.45, 7) is 4.25. The average molecular weight is 282 g/mol. The van der Waals surface area contributed by atoms with E-state index in [1.165, 1.54) is 0 Å². The molecule has 1 aromatic carbocycles. The molecule has 0 aromatic heterocycles. The minimum absolute atomic E-state index is 0.455. The number of fused-ring (bicyclic) bond motifs is 1. The largest absolute Gasteiger partial charge is 0.312 e. The van der Waals surface area contributed by atoms with Crippen molar-refractivity contribution in [2.24, 2.45) is 0 Å². The monoisotopic (exact) mass is 282 g/mol. The molecular weight excluding hydrogens is 264 g/mol. The Bertz CT molecular complexity index is 581. The van der Waals surface area contributed by atoms with E-state index in [1.54, 1.807) is 13.8 Å². The van der Waals surface area contributed by atoms with E-state index >= 15 is 0 Å². The highest BCUT2D eigenvalue weighted by Crippen LogP contribution is 2.24. The first-order valence-electron chi connectivity index (χ1n) is 6.26. The fourth-order valence-electron chi connectivity index (χ4n) is 2.06. The van der Waals surface area contributed by atoms with Crippen molar-refractivity contribution in [1.29, 1.82) is 0 Å². The van der Waals surface area contributed by atoms with Gasteiger partial charge in [0.05, 0.1) is 11.2 Å². The van der Waals surface area contributed by atoms with Crippen LogP contribution in [0.5, 0.6) is 0 Å². The first-order chi connectivity index (χ1) is 8.92. The number of hydrogen-bond acceptors (Lipinski definition) is 4. The third-order valence-corrected chi connectivity index (χ3v) is 5.00. The molecule has 0 saturated carbocycles. The summed E-state index contributed by atoms with van der Waals surface area (Å²) in [6, 6.07) is 7.59. The van der Waals surface area contributed by atoms with Crippen LogP contribution in [0.15, 0.2) is 24.3 Å². The van der Waals surface area contributed by atoms with Gasteiger partial charge in [-0.05, 0) is 25.0 Å². The number of sulfonamides is 1. The van der Waals surface area contributed by atoms with Gasteiger partial charge in [0.2, 0.25) is 15.9 Å². The van der Waals surface area contributed by atoms with Gasteiger partial charge in [-0.1, -0.05) is 24.3 Å². The van der Waals surface area contributed by atoms with Crippen LogP contribution >= 0.6 is 0 Å². The first-order valence-corrected chi connectivity index (χ1v) is 7.80. The van der Waals surface area contributed by atoms with E-state index < -0.39 is 27.1 Å². The van der Waals surface area contributed by atoms with Crippen molar-refractivity contribution in [2.75, 3.05) is 6.54 Å². The van der Waals surface area contributed by atoms with Gasteiger partial charge >= 0.3 is 0 Å². The van der Waals surface area contributed by atoms with Crippen LogP contribution in [0.1, 0.15) is 30.9 Å². The lowest BCUT2D eigenvalue weighted by Crippen LogP contribution is -2.43. The maximum atomic E-state index is 12.2. The fraction of sp³-hybridized carbons (Fsp3) is 0.462. The van der Waals surface area contributed by atoms with Gasteiger partial charge in [-0.3, -0.25) is 9.52 Å². The van der Waals surface area contributed by atoms with Crippen molar-refractivity contribution >= 4 is 15.9 Å². The smallest absolute Gasteiger partial charge is 0.242 e. The van der Waals surface area contributed by atoms with E-state index in [2.05, 4.69) is 10.0 Å². The minimum atomic E-state index is -3.58. The van der Waals surface area contributed by atoms with Gasteiger partial charge in [0.25, 0.3) is 0 Å². The lowest BCUT2D eigenvalue weighted by molar-refractivity contribution is -0.120. The summed E-state index contributed by atoms with van der Waals surface area (Å²) in [7, 11) is -3.58. The number of nitrogens with one attached hydrogen (secondary N) is 2. The predicted octanol–water partition coefficient (Wildman–Crippen LogP) is 0.728. The SMILES string of the molecule is CC(C)S(=O)(=O)NC(=O)C1CNCc2ccccc21. The molecule has 2 rings (SSSR count). The van der Waals surface area contributed by atoms with Crippen molar-refractivity contribution in [3.05, 3.63) is 35.4 Å². The fourth-order valence-corrected chi connectivity index (χ4v) is 2.72. The molecule has 1 aliphatic rings. The van der Waals surface area contributed by atoms with Gasteiger partial charge in [-0.15, -0.1) is 0 Å². The summed E-state index contributed by atoms with van der Waals surface area (Å²) in [5.74, 6) is -0.924. The van der Waals surface area contributed by atoms with Crippen LogP contribution in [0.25, 0.3) is 0 Å². The lowest BCUT2D eigenvalue weighted by atomic mass is 9.90. The van der Waals surface area contributed by atoms with Crippen LogP contribution in [0, 0.1) is 0 Å². The third kappa shape index (κ3) is 2.96. The van der Waals surface area contributed by atoms with Crippen molar-refractivity contribution in [3.8, 4) is 0 Å². The number of rotatable bonds is 3. The van der Waals surface area contributed by atoms with Gasteiger partial charge < -0.3 is 5.32 Å². The average Bonchev–Trinajstić information content (AvgIpc) is 2.37. The highest BCUT2D eigenvalue weighted by Gasteiger charge is 2.29. The van der Waals surface area contributed by atoms with Crippen LogP contribution in [0.3, 0.4) is 0 Å².